The highest BCUT2D eigenvalue weighted by atomic mass is 16.3. The van der Waals surface area contributed by atoms with Crippen LogP contribution < -0.4 is 9.80 Å². The molecule has 0 saturated heterocycles. The number of allylic oxidation sites excluding steroid dienone is 3. The first-order valence-corrected chi connectivity index (χ1v) is 13.1. The van der Waals surface area contributed by atoms with Crippen LogP contribution in [0.2, 0.25) is 0 Å². The van der Waals surface area contributed by atoms with Crippen molar-refractivity contribution in [2.24, 2.45) is 5.92 Å². The van der Waals surface area contributed by atoms with Crippen LogP contribution in [0.1, 0.15) is 58.6 Å². The van der Waals surface area contributed by atoms with Crippen LogP contribution in [0, 0.1) is 12.8 Å². The van der Waals surface area contributed by atoms with Crippen molar-refractivity contribution < 1.29 is 20.1 Å². The van der Waals surface area contributed by atoms with Crippen molar-refractivity contribution in [1.29, 1.82) is 0 Å². The molecular formula is C31H40N2O4. The number of rotatable bonds is 11. The highest BCUT2D eigenvalue weighted by Crippen LogP contribution is 2.46. The van der Waals surface area contributed by atoms with Gasteiger partial charge in [-0.1, -0.05) is 57.5 Å². The maximum atomic E-state index is 13.6. The van der Waals surface area contributed by atoms with E-state index in [0.29, 0.717) is 11.6 Å². The Kier molecular flexibility index (Phi) is 9.09. The van der Waals surface area contributed by atoms with E-state index in [1.54, 1.807) is 17.0 Å². The number of hydrogen-bond acceptors (Lipinski definition) is 6. The summed E-state index contributed by atoms with van der Waals surface area (Å²) in [5.41, 5.74) is 3.21. The van der Waals surface area contributed by atoms with Crippen LogP contribution in [0.15, 0.2) is 66.1 Å². The smallest absolute Gasteiger partial charge is 0.197 e. The molecule has 0 fully saturated rings. The predicted molar refractivity (Wildman–Crippen MR) is 152 cm³/mol. The zero-order valence-corrected chi connectivity index (χ0v) is 22.8. The van der Waals surface area contributed by atoms with E-state index in [1.165, 1.54) is 0 Å². The largest absolute Gasteiger partial charge is 0.509 e. The van der Waals surface area contributed by atoms with Crippen molar-refractivity contribution >= 4 is 22.7 Å². The van der Waals surface area contributed by atoms with Gasteiger partial charge in [0, 0.05) is 42.3 Å². The molecule has 0 radical (unpaired) electrons. The lowest BCUT2D eigenvalue weighted by Crippen LogP contribution is -2.49. The number of benzene rings is 2. The molecule has 6 nitrogen and oxygen atoms in total. The normalized spacial score (nSPS) is 16.0. The van der Waals surface area contributed by atoms with Crippen LogP contribution in [-0.2, 0) is 4.79 Å². The van der Waals surface area contributed by atoms with Crippen molar-refractivity contribution in [3.63, 3.8) is 0 Å². The topological polar surface area (TPSA) is 84.2 Å². The second kappa shape index (κ2) is 12.0. The van der Waals surface area contributed by atoms with Gasteiger partial charge in [-0.3, -0.25) is 4.79 Å². The van der Waals surface area contributed by atoms with Gasteiger partial charge in [-0.15, -0.1) is 0 Å². The summed E-state index contributed by atoms with van der Waals surface area (Å²) in [5, 5.41) is 33.0. The van der Waals surface area contributed by atoms with Crippen LogP contribution >= 0.6 is 0 Å². The van der Waals surface area contributed by atoms with Crippen molar-refractivity contribution in [3.8, 4) is 11.5 Å². The number of aromatic hydroxyl groups is 2. The molecule has 3 rings (SSSR count). The Labute approximate surface area is 220 Å². The number of nitrogens with zero attached hydrogens (tertiary/aromatic N) is 2. The third-order valence-corrected chi connectivity index (χ3v) is 6.45. The number of phenolic OH excluding ortho intramolecular Hbond substituents is 2. The summed E-state index contributed by atoms with van der Waals surface area (Å²) in [6.07, 6.45) is 7.56. The SMILES string of the molecule is C/C=C(\C=C/CC)N(c1ccc(C)cc1)C1C(=O)C(c2c(O)cc(N(CCC)CC(C)C)cc2O)=C1O. The number of aliphatic hydroxyl groups excluding tert-OH is 1. The minimum Gasteiger partial charge on any atom is -0.509 e. The average molecular weight is 505 g/mol. The number of ketones is 1. The van der Waals surface area contributed by atoms with Crippen LogP contribution in [0.3, 0.4) is 0 Å². The van der Waals surface area contributed by atoms with Gasteiger partial charge in [0.15, 0.2) is 11.8 Å². The molecule has 0 aromatic heterocycles. The van der Waals surface area contributed by atoms with Gasteiger partial charge in [-0.05, 0) is 50.8 Å². The van der Waals surface area contributed by atoms with E-state index in [2.05, 4.69) is 25.7 Å². The number of anilines is 2. The molecule has 0 bridgehead atoms. The zero-order valence-electron chi connectivity index (χ0n) is 22.8. The molecule has 6 heteroatoms. The summed E-state index contributed by atoms with van der Waals surface area (Å²) in [6.45, 7) is 13.7. The van der Waals surface area contributed by atoms with E-state index in [0.717, 1.165) is 42.9 Å². The van der Waals surface area contributed by atoms with Crippen molar-refractivity contribution in [2.45, 2.75) is 60.4 Å². The first-order chi connectivity index (χ1) is 17.6. The lowest BCUT2D eigenvalue weighted by Gasteiger charge is -2.39. The Hall–Kier alpha value is -3.67. The van der Waals surface area contributed by atoms with Gasteiger partial charge >= 0.3 is 0 Å². The number of phenols is 2. The van der Waals surface area contributed by atoms with Gasteiger partial charge in [-0.2, -0.15) is 0 Å². The molecule has 198 valence electrons. The Morgan fingerprint density at radius 1 is 1.03 bits per heavy atom. The summed E-state index contributed by atoms with van der Waals surface area (Å²) in [6, 6.07) is 9.91. The number of carbonyl (C=O) groups excluding carboxylic acids is 1. The summed E-state index contributed by atoms with van der Waals surface area (Å²) >= 11 is 0. The fourth-order valence-electron chi connectivity index (χ4n) is 4.72. The molecule has 1 aliphatic carbocycles. The molecule has 0 spiro atoms. The molecule has 1 aliphatic rings. The monoisotopic (exact) mass is 504 g/mol. The van der Waals surface area contributed by atoms with Gasteiger partial charge in [0.25, 0.3) is 0 Å². The minimum atomic E-state index is -0.957. The van der Waals surface area contributed by atoms with Gasteiger partial charge in [0.1, 0.15) is 17.3 Å². The van der Waals surface area contributed by atoms with Crippen molar-refractivity contribution in [3.05, 3.63) is 77.2 Å². The molecule has 0 saturated carbocycles. The van der Waals surface area contributed by atoms with Crippen LogP contribution in [0.5, 0.6) is 11.5 Å². The number of hydrogen-bond donors (Lipinski definition) is 3. The lowest BCUT2D eigenvalue weighted by atomic mass is 9.81. The Bertz CT molecular complexity index is 1190. The maximum absolute atomic E-state index is 13.6. The third-order valence-electron chi connectivity index (χ3n) is 6.45. The van der Waals surface area contributed by atoms with E-state index in [1.807, 2.05) is 63.3 Å². The molecule has 1 unspecified atom stereocenters. The second-order valence-electron chi connectivity index (χ2n) is 9.96. The molecule has 0 heterocycles. The molecular weight excluding hydrogens is 464 g/mol. The molecule has 2 aromatic carbocycles. The lowest BCUT2D eigenvalue weighted by molar-refractivity contribution is -0.116. The molecule has 0 aliphatic heterocycles. The fraction of sp³-hybridized carbons (Fsp3) is 0.387. The summed E-state index contributed by atoms with van der Waals surface area (Å²) in [7, 11) is 0. The summed E-state index contributed by atoms with van der Waals surface area (Å²) in [5.74, 6) is -0.611. The molecule has 0 amide bonds. The van der Waals surface area contributed by atoms with E-state index in [4.69, 9.17) is 0 Å². The van der Waals surface area contributed by atoms with E-state index in [-0.39, 0.29) is 34.2 Å². The number of Topliss-reactive ketones (excluding diaryl/α,β-unsaturated/α-hetero) is 1. The standard InChI is InChI=1S/C31H40N2O4/c1-7-10-11-22(9-3)33(23-14-12-21(6)13-15-23)29-30(36)28(31(29)37)27-25(34)17-24(18-26(27)35)32(16-8-2)19-20(4)5/h9-15,17-18,20,29,34-36H,7-8,16,19H2,1-6H3/b11-10-,22-9+. The number of aliphatic hydroxyl groups is 1. The van der Waals surface area contributed by atoms with E-state index < -0.39 is 6.04 Å². The fourth-order valence-corrected chi connectivity index (χ4v) is 4.72. The highest BCUT2D eigenvalue weighted by Gasteiger charge is 2.47. The zero-order chi connectivity index (χ0) is 27.3. The second-order valence-corrected chi connectivity index (χ2v) is 9.96. The molecule has 2 aromatic rings. The molecule has 37 heavy (non-hydrogen) atoms. The highest BCUT2D eigenvalue weighted by molar-refractivity contribution is 6.34. The van der Waals surface area contributed by atoms with E-state index in [9.17, 15) is 20.1 Å². The van der Waals surface area contributed by atoms with Gasteiger partial charge in [0.05, 0.1) is 11.1 Å². The van der Waals surface area contributed by atoms with Gasteiger partial charge < -0.3 is 25.1 Å². The summed E-state index contributed by atoms with van der Waals surface area (Å²) < 4.78 is 0. The Morgan fingerprint density at radius 3 is 2.14 bits per heavy atom. The van der Waals surface area contributed by atoms with Gasteiger partial charge in [0.2, 0.25) is 0 Å². The number of carbonyl (C=O) groups is 1. The Morgan fingerprint density at radius 2 is 1.65 bits per heavy atom. The summed E-state index contributed by atoms with van der Waals surface area (Å²) in [4.78, 5) is 17.5. The molecule has 1 atom stereocenters. The van der Waals surface area contributed by atoms with Crippen LogP contribution in [0.4, 0.5) is 11.4 Å². The number of aryl methyl sites for hydroxylation is 1. The van der Waals surface area contributed by atoms with Gasteiger partial charge in [-0.25, -0.2) is 0 Å². The van der Waals surface area contributed by atoms with Crippen molar-refractivity contribution in [2.75, 3.05) is 22.9 Å². The minimum absolute atomic E-state index is 0.0292. The first kappa shape index (κ1) is 27.9. The predicted octanol–water partition coefficient (Wildman–Crippen LogP) is 6.88. The quantitative estimate of drug-likeness (QED) is 0.289. The third kappa shape index (κ3) is 5.85. The average Bonchev–Trinajstić information content (AvgIpc) is 2.85. The maximum Gasteiger partial charge on any atom is 0.197 e. The van der Waals surface area contributed by atoms with Crippen LogP contribution in [-0.4, -0.2) is 40.2 Å². The van der Waals surface area contributed by atoms with Crippen LogP contribution in [0.25, 0.3) is 5.57 Å². The van der Waals surface area contributed by atoms with E-state index >= 15 is 0 Å². The first-order valence-electron chi connectivity index (χ1n) is 13.1. The molecule has 3 N–H and O–H groups in total. The Balaban J connectivity index is 2.07. The van der Waals surface area contributed by atoms with Crippen molar-refractivity contribution in [1.82, 2.24) is 0 Å².